The van der Waals surface area contributed by atoms with Crippen molar-refractivity contribution in [2.24, 2.45) is 11.7 Å². The fourth-order valence-electron chi connectivity index (χ4n) is 1.70. The summed E-state index contributed by atoms with van der Waals surface area (Å²) in [5.41, 5.74) is 9.98. The van der Waals surface area contributed by atoms with E-state index in [1.165, 1.54) is 16.7 Å². The van der Waals surface area contributed by atoms with E-state index in [2.05, 4.69) is 39.0 Å². The van der Waals surface area contributed by atoms with Crippen LogP contribution in [-0.4, -0.2) is 23.2 Å². The summed E-state index contributed by atoms with van der Waals surface area (Å²) in [7, 11) is 0. The van der Waals surface area contributed by atoms with E-state index in [0.29, 0.717) is 5.92 Å². The zero-order valence-electron chi connectivity index (χ0n) is 10.9. The van der Waals surface area contributed by atoms with Crippen molar-refractivity contribution in [2.75, 3.05) is 18.1 Å². The molecule has 96 valence electrons. The van der Waals surface area contributed by atoms with Gasteiger partial charge in [0.25, 0.3) is 0 Å². The number of nitrogens with two attached hydrogens (primary N) is 1. The Kier molecular flexibility index (Phi) is 6.03. The highest BCUT2D eigenvalue weighted by molar-refractivity contribution is 7.99. The lowest BCUT2D eigenvalue weighted by Crippen LogP contribution is -2.16. The number of hydrogen-bond donors (Lipinski definition) is 2. The molecule has 0 amide bonds. The standard InChI is InChI=1S/C14H23NOS/c1-10-4-5-12(3)13(6-10)14(15)9-17-8-11(2)7-16/h4-6,11,14,16H,7-9,15H2,1-3H3. The molecule has 0 saturated heterocycles. The summed E-state index contributed by atoms with van der Waals surface area (Å²) in [5, 5.41) is 8.95. The normalized spacial score (nSPS) is 14.6. The Balaban J connectivity index is 2.52. The number of aryl methyl sites for hydroxylation is 2. The third-order valence-electron chi connectivity index (χ3n) is 2.85. The summed E-state index contributed by atoms with van der Waals surface area (Å²) in [6.45, 7) is 6.51. The Hall–Kier alpha value is -0.510. The van der Waals surface area contributed by atoms with Gasteiger partial charge in [0, 0.05) is 18.4 Å². The molecule has 2 atom stereocenters. The molecule has 17 heavy (non-hydrogen) atoms. The van der Waals surface area contributed by atoms with E-state index in [9.17, 15) is 0 Å². The quantitative estimate of drug-likeness (QED) is 0.819. The molecule has 2 nitrogen and oxygen atoms in total. The van der Waals surface area contributed by atoms with Crippen LogP contribution in [0.25, 0.3) is 0 Å². The maximum Gasteiger partial charge on any atom is 0.0464 e. The largest absolute Gasteiger partial charge is 0.396 e. The first kappa shape index (κ1) is 14.6. The van der Waals surface area contributed by atoms with Gasteiger partial charge in [0.1, 0.15) is 0 Å². The lowest BCUT2D eigenvalue weighted by Gasteiger charge is -2.16. The van der Waals surface area contributed by atoms with Crippen LogP contribution in [-0.2, 0) is 0 Å². The van der Waals surface area contributed by atoms with Gasteiger partial charge in [-0.2, -0.15) is 11.8 Å². The zero-order valence-corrected chi connectivity index (χ0v) is 11.8. The van der Waals surface area contributed by atoms with E-state index in [-0.39, 0.29) is 12.6 Å². The average Bonchev–Trinajstić information content (AvgIpc) is 2.31. The van der Waals surface area contributed by atoms with Gasteiger partial charge in [-0.15, -0.1) is 0 Å². The van der Waals surface area contributed by atoms with E-state index in [4.69, 9.17) is 10.8 Å². The predicted octanol–water partition coefficient (Wildman–Crippen LogP) is 2.66. The summed E-state index contributed by atoms with van der Waals surface area (Å²) in [6.07, 6.45) is 0. The number of rotatable bonds is 6. The van der Waals surface area contributed by atoms with Crippen LogP contribution in [0.3, 0.4) is 0 Å². The average molecular weight is 253 g/mol. The van der Waals surface area contributed by atoms with Crippen molar-refractivity contribution in [2.45, 2.75) is 26.8 Å². The fourth-order valence-corrected chi connectivity index (χ4v) is 2.78. The maximum atomic E-state index is 8.95. The predicted molar refractivity (Wildman–Crippen MR) is 76.4 cm³/mol. The highest BCUT2D eigenvalue weighted by Crippen LogP contribution is 2.21. The summed E-state index contributed by atoms with van der Waals surface area (Å²) >= 11 is 1.82. The molecule has 0 bridgehead atoms. The Morgan fingerprint density at radius 1 is 1.29 bits per heavy atom. The van der Waals surface area contributed by atoms with Gasteiger partial charge in [0.15, 0.2) is 0 Å². The monoisotopic (exact) mass is 253 g/mol. The van der Waals surface area contributed by atoms with Gasteiger partial charge in [-0.25, -0.2) is 0 Å². The van der Waals surface area contributed by atoms with Crippen molar-refractivity contribution in [3.8, 4) is 0 Å². The minimum Gasteiger partial charge on any atom is -0.396 e. The Morgan fingerprint density at radius 2 is 2.00 bits per heavy atom. The summed E-state index contributed by atoms with van der Waals surface area (Å²) in [6, 6.07) is 6.51. The molecule has 2 unspecified atom stereocenters. The van der Waals surface area contributed by atoms with Crippen molar-refractivity contribution in [3.05, 3.63) is 34.9 Å². The molecule has 1 aromatic rings. The molecule has 0 aromatic heterocycles. The molecule has 3 heteroatoms. The lowest BCUT2D eigenvalue weighted by molar-refractivity contribution is 0.250. The topological polar surface area (TPSA) is 46.2 Å². The van der Waals surface area contributed by atoms with Crippen molar-refractivity contribution in [1.82, 2.24) is 0 Å². The van der Waals surface area contributed by atoms with Crippen LogP contribution >= 0.6 is 11.8 Å². The summed E-state index contributed by atoms with van der Waals surface area (Å²) in [4.78, 5) is 0. The molecule has 0 radical (unpaired) electrons. The van der Waals surface area contributed by atoms with Gasteiger partial charge in [-0.05, 0) is 36.6 Å². The number of aliphatic hydroxyl groups excluding tert-OH is 1. The van der Waals surface area contributed by atoms with Gasteiger partial charge in [-0.1, -0.05) is 30.7 Å². The first-order valence-corrected chi connectivity index (χ1v) is 7.21. The molecule has 1 rings (SSSR count). The van der Waals surface area contributed by atoms with Crippen molar-refractivity contribution >= 4 is 11.8 Å². The molecule has 3 N–H and O–H groups in total. The zero-order chi connectivity index (χ0) is 12.8. The van der Waals surface area contributed by atoms with Crippen LogP contribution in [0.5, 0.6) is 0 Å². The van der Waals surface area contributed by atoms with Crippen LogP contribution < -0.4 is 5.73 Å². The minimum absolute atomic E-state index is 0.0887. The molecule has 0 fully saturated rings. The van der Waals surface area contributed by atoms with Gasteiger partial charge in [0.05, 0.1) is 0 Å². The highest BCUT2D eigenvalue weighted by Gasteiger charge is 2.10. The van der Waals surface area contributed by atoms with Crippen LogP contribution in [0.1, 0.15) is 29.7 Å². The Bertz CT molecular complexity index is 354. The van der Waals surface area contributed by atoms with Crippen LogP contribution in [0, 0.1) is 19.8 Å². The molecule has 1 aromatic carbocycles. The van der Waals surface area contributed by atoms with E-state index in [1.807, 2.05) is 11.8 Å². The molecule has 0 spiro atoms. The third kappa shape index (κ3) is 4.70. The number of thioether (sulfide) groups is 1. The smallest absolute Gasteiger partial charge is 0.0464 e. The van der Waals surface area contributed by atoms with Gasteiger partial charge in [-0.3, -0.25) is 0 Å². The van der Waals surface area contributed by atoms with Gasteiger partial charge in [0.2, 0.25) is 0 Å². The van der Waals surface area contributed by atoms with E-state index in [1.54, 1.807) is 0 Å². The number of benzene rings is 1. The second-order valence-electron chi connectivity index (χ2n) is 4.79. The third-order valence-corrected chi connectivity index (χ3v) is 4.25. The van der Waals surface area contributed by atoms with E-state index < -0.39 is 0 Å². The molecule has 0 aliphatic rings. The lowest BCUT2D eigenvalue weighted by atomic mass is 10.0. The molecule has 0 aliphatic carbocycles. The first-order chi connectivity index (χ1) is 8.04. The van der Waals surface area contributed by atoms with Crippen LogP contribution in [0.2, 0.25) is 0 Å². The second-order valence-corrected chi connectivity index (χ2v) is 5.87. The van der Waals surface area contributed by atoms with Gasteiger partial charge >= 0.3 is 0 Å². The molecule has 0 saturated carbocycles. The van der Waals surface area contributed by atoms with Crippen LogP contribution in [0.15, 0.2) is 18.2 Å². The molecule has 0 heterocycles. The number of aliphatic hydroxyl groups is 1. The fraction of sp³-hybridized carbons (Fsp3) is 0.571. The Morgan fingerprint density at radius 3 is 2.65 bits per heavy atom. The van der Waals surface area contributed by atoms with Crippen molar-refractivity contribution in [1.29, 1.82) is 0 Å². The van der Waals surface area contributed by atoms with E-state index >= 15 is 0 Å². The molecular weight excluding hydrogens is 230 g/mol. The van der Waals surface area contributed by atoms with Crippen molar-refractivity contribution in [3.63, 3.8) is 0 Å². The van der Waals surface area contributed by atoms with Crippen molar-refractivity contribution < 1.29 is 5.11 Å². The molecular formula is C14H23NOS. The summed E-state index contributed by atoms with van der Waals surface area (Å²) in [5.74, 6) is 2.23. The maximum absolute atomic E-state index is 8.95. The first-order valence-electron chi connectivity index (χ1n) is 6.06. The van der Waals surface area contributed by atoms with E-state index in [0.717, 1.165) is 11.5 Å². The molecule has 0 aliphatic heterocycles. The highest BCUT2D eigenvalue weighted by atomic mass is 32.2. The minimum atomic E-state index is 0.0887. The summed E-state index contributed by atoms with van der Waals surface area (Å²) < 4.78 is 0. The SMILES string of the molecule is Cc1ccc(C)c(C(N)CSCC(C)CO)c1. The second kappa shape index (κ2) is 7.04. The Labute approximate surface area is 109 Å². The van der Waals surface area contributed by atoms with Gasteiger partial charge < -0.3 is 10.8 Å². The van der Waals surface area contributed by atoms with Crippen LogP contribution in [0.4, 0.5) is 0 Å². The number of hydrogen-bond acceptors (Lipinski definition) is 3.